The molecule has 1 aliphatic carbocycles. The summed E-state index contributed by atoms with van der Waals surface area (Å²) in [6.07, 6.45) is 0.954. The topological polar surface area (TPSA) is 78.4 Å². The summed E-state index contributed by atoms with van der Waals surface area (Å²) in [5.74, 6) is -2.70. The van der Waals surface area contributed by atoms with Gasteiger partial charge in [0, 0.05) is 16.5 Å². The first kappa shape index (κ1) is 33.1. The van der Waals surface area contributed by atoms with Crippen LogP contribution in [0.2, 0.25) is 0 Å². The summed E-state index contributed by atoms with van der Waals surface area (Å²) in [4.78, 5) is 36.9. The van der Waals surface area contributed by atoms with Gasteiger partial charge in [0.25, 0.3) is 0 Å². The van der Waals surface area contributed by atoms with Crippen molar-refractivity contribution in [2.45, 2.75) is 85.2 Å². The molecule has 0 aliphatic heterocycles. The Morgan fingerprint density at radius 1 is 0.864 bits per heavy atom. The number of allylic oxidation sites excluding steroid dienone is 1. The van der Waals surface area contributed by atoms with Gasteiger partial charge >= 0.3 is 18.1 Å². The second kappa shape index (κ2) is 13.9. The number of rotatable bonds is 9. The maximum atomic E-state index is 13.5. The molecule has 0 saturated heterocycles. The van der Waals surface area contributed by atoms with Crippen LogP contribution in [0.5, 0.6) is 0 Å². The Kier molecular flexibility index (Phi) is 10.5. The number of alkyl halides is 3. The van der Waals surface area contributed by atoms with E-state index in [1.165, 1.54) is 0 Å². The van der Waals surface area contributed by atoms with E-state index in [-0.39, 0.29) is 54.9 Å². The molecule has 0 bridgehead atoms. The molecule has 6 nitrogen and oxygen atoms in total. The number of aromatic nitrogens is 2. The fourth-order valence-corrected chi connectivity index (χ4v) is 5.86. The Morgan fingerprint density at radius 2 is 1.43 bits per heavy atom. The highest BCUT2D eigenvalue weighted by Crippen LogP contribution is 2.41. The van der Waals surface area contributed by atoms with Gasteiger partial charge in [-0.3, -0.25) is 4.98 Å². The first-order valence-corrected chi connectivity index (χ1v) is 15.4. The molecule has 0 amide bonds. The Morgan fingerprint density at radius 3 is 1.93 bits per heavy atom. The van der Waals surface area contributed by atoms with E-state index >= 15 is 0 Å². The van der Waals surface area contributed by atoms with Gasteiger partial charge in [-0.15, -0.1) is 0 Å². The van der Waals surface area contributed by atoms with Crippen LogP contribution in [0.3, 0.4) is 0 Å². The lowest BCUT2D eigenvalue weighted by Gasteiger charge is -2.28. The zero-order valence-electron chi connectivity index (χ0n) is 26.3. The number of para-hydroxylation sites is 1. The number of halogens is 3. The van der Waals surface area contributed by atoms with Crippen molar-refractivity contribution in [3.63, 3.8) is 0 Å². The maximum absolute atomic E-state index is 13.5. The van der Waals surface area contributed by atoms with Crippen molar-refractivity contribution in [1.82, 2.24) is 9.97 Å². The monoisotopic (exact) mass is 610 g/mol. The molecule has 1 saturated carbocycles. The number of ether oxygens (including phenoxy) is 2. The largest absolute Gasteiger partial charge is 0.462 e. The van der Waals surface area contributed by atoms with Crippen LogP contribution in [-0.2, 0) is 9.47 Å². The molecule has 44 heavy (non-hydrogen) atoms. The first-order valence-electron chi connectivity index (χ1n) is 15.4. The fourth-order valence-electron chi connectivity index (χ4n) is 5.86. The molecule has 2 aromatic heterocycles. The highest BCUT2D eigenvalue weighted by atomic mass is 19.4. The van der Waals surface area contributed by atoms with E-state index in [1.807, 2.05) is 64.1 Å². The van der Waals surface area contributed by atoms with Crippen LogP contribution in [0.25, 0.3) is 28.2 Å². The minimum atomic E-state index is -4.15. The summed E-state index contributed by atoms with van der Waals surface area (Å²) in [5.41, 5.74) is 3.58. The van der Waals surface area contributed by atoms with Crippen molar-refractivity contribution >= 4 is 28.9 Å². The number of pyridine rings is 2. The predicted octanol–water partition coefficient (Wildman–Crippen LogP) is 9.28. The zero-order chi connectivity index (χ0) is 32.2. The van der Waals surface area contributed by atoms with Crippen molar-refractivity contribution in [3.8, 4) is 11.3 Å². The molecule has 0 N–H and O–H groups in total. The van der Waals surface area contributed by atoms with Crippen molar-refractivity contribution in [1.29, 1.82) is 0 Å². The van der Waals surface area contributed by atoms with Crippen LogP contribution in [0.15, 0.2) is 36.4 Å². The lowest BCUT2D eigenvalue weighted by atomic mass is 9.81. The number of fused-ring (bicyclic) bond motifs is 1. The van der Waals surface area contributed by atoms with Gasteiger partial charge in [0.1, 0.15) is 0 Å². The number of nitrogens with zero attached hydrogens (tertiary/aromatic N) is 2. The van der Waals surface area contributed by atoms with Crippen molar-refractivity contribution in [3.05, 3.63) is 64.5 Å². The van der Waals surface area contributed by atoms with Crippen LogP contribution in [-0.4, -0.2) is 41.3 Å². The number of hydrogen-bond acceptors (Lipinski definition) is 6. The molecule has 0 radical (unpaired) electrons. The third kappa shape index (κ3) is 7.13. The average Bonchev–Trinajstić information content (AvgIpc) is 2.98. The van der Waals surface area contributed by atoms with Crippen LogP contribution in [0, 0.1) is 11.8 Å². The highest BCUT2D eigenvalue weighted by Gasteiger charge is 2.41. The minimum Gasteiger partial charge on any atom is -0.462 e. The molecular weight excluding hydrogens is 569 g/mol. The van der Waals surface area contributed by atoms with E-state index in [0.29, 0.717) is 41.0 Å². The van der Waals surface area contributed by atoms with Gasteiger partial charge in [-0.1, -0.05) is 64.1 Å². The molecule has 3 aromatic rings. The van der Waals surface area contributed by atoms with Gasteiger partial charge in [0.2, 0.25) is 0 Å². The SMILES string of the molecule is CCOC(=O)c1c(C(C)C)nc(C(C)C)c(C(=O)OCC)c1-c1ccc2cccc(C=CC3CCC(C(F)(F)F)CC3)c2n1. The summed E-state index contributed by atoms with van der Waals surface area (Å²) in [5, 5.41) is 0.842. The fraction of sp³-hybridized carbons (Fsp3) is 0.486. The van der Waals surface area contributed by atoms with Gasteiger partial charge in [-0.2, -0.15) is 13.2 Å². The number of carbonyl (C=O) groups excluding carboxylic acids is 2. The van der Waals surface area contributed by atoms with E-state index in [0.717, 1.165) is 10.9 Å². The molecule has 0 spiro atoms. The van der Waals surface area contributed by atoms with Gasteiger partial charge in [-0.05, 0) is 63.4 Å². The van der Waals surface area contributed by atoms with Crippen LogP contribution in [0.1, 0.15) is 117 Å². The summed E-state index contributed by atoms with van der Waals surface area (Å²) in [6, 6.07) is 9.39. The Balaban J connectivity index is 1.91. The van der Waals surface area contributed by atoms with E-state index in [2.05, 4.69) is 0 Å². The van der Waals surface area contributed by atoms with Gasteiger partial charge in [0.15, 0.2) is 0 Å². The summed E-state index contributed by atoms with van der Waals surface area (Å²) < 4.78 is 50.5. The number of carbonyl (C=O) groups is 2. The summed E-state index contributed by atoms with van der Waals surface area (Å²) >= 11 is 0. The quantitative estimate of drug-likeness (QED) is 0.225. The molecule has 9 heteroatoms. The Bertz CT molecular complexity index is 1490. The van der Waals surface area contributed by atoms with Crippen molar-refractivity contribution in [2.75, 3.05) is 13.2 Å². The smallest absolute Gasteiger partial charge is 0.391 e. The lowest BCUT2D eigenvalue weighted by Crippen LogP contribution is -2.27. The third-order valence-corrected chi connectivity index (χ3v) is 8.10. The molecule has 0 atom stereocenters. The van der Waals surface area contributed by atoms with Crippen molar-refractivity contribution < 1.29 is 32.2 Å². The molecule has 4 rings (SSSR count). The van der Waals surface area contributed by atoms with E-state index in [1.54, 1.807) is 19.9 Å². The van der Waals surface area contributed by atoms with Gasteiger partial charge in [0.05, 0.1) is 52.9 Å². The normalized spacial score (nSPS) is 17.5. The Labute approximate surface area is 257 Å². The predicted molar refractivity (Wildman–Crippen MR) is 166 cm³/mol. The Hall–Kier alpha value is -3.75. The minimum absolute atomic E-state index is 0.0419. The number of hydrogen-bond donors (Lipinski definition) is 0. The summed E-state index contributed by atoms with van der Waals surface area (Å²) in [7, 11) is 0. The summed E-state index contributed by atoms with van der Waals surface area (Å²) in [6.45, 7) is 11.4. The molecule has 2 heterocycles. The third-order valence-electron chi connectivity index (χ3n) is 8.10. The molecule has 236 valence electrons. The highest BCUT2D eigenvalue weighted by molar-refractivity contribution is 6.07. The maximum Gasteiger partial charge on any atom is 0.391 e. The second-order valence-electron chi connectivity index (χ2n) is 11.9. The van der Waals surface area contributed by atoms with E-state index < -0.39 is 24.0 Å². The number of esters is 2. The average molecular weight is 611 g/mol. The van der Waals surface area contributed by atoms with Gasteiger partial charge < -0.3 is 9.47 Å². The standard InChI is InChI=1S/C35H41F3N2O4/c1-7-43-33(41)28-27(29(34(42)44-8-2)31(21(5)6)40-30(28)20(3)4)26-19-16-24-11-9-10-23(32(24)39-26)15-12-22-13-17-25(18-14-22)35(36,37)38/h9-12,15-16,19-22,25H,7-8,13-14,17-18H2,1-6H3. The van der Waals surface area contributed by atoms with Crippen LogP contribution >= 0.6 is 0 Å². The zero-order valence-corrected chi connectivity index (χ0v) is 26.3. The first-order chi connectivity index (χ1) is 20.9. The lowest BCUT2D eigenvalue weighted by molar-refractivity contribution is -0.183. The molecule has 0 unspecified atom stereocenters. The van der Waals surface area contributed by atoms with Gasteiger partial charge in [-0.25, -0.2) is 14.6 Å². The molecule has 1 fully saturated rings. The molecular formula is C35H41F3N2O4. The van der Waals surface area contributed by atoms with Crippen LogP contribution < -0.4 is 0 Å². The van der Waals surface area contributed by atoms with E-state index in [9.17, 15) is 22.8 Å². The second-order valence-corrected chi connectivity index (χ2v) is 11.9. The molecule has 1 aromatic carbocycles. The van der Waals surface area contributed by atoms with Crippen LogP contribution in [0.4, 0.5) is 13.2 Å². The van der Waals surface area contributed by atoms with E-state index in [4.69, 9.17) is 19.4 Å². The number of benzene rings is 1. The van der Waals surface area contributed by atoms with Crippen molar-refractivity contribution in [2.24, 2.45) is 11.8 Å². The molecule has 1 aliphatic rings.